The van der Waals surface area contributed by atoms with Gasteiger partial charge in [0.15, 0.2) is 6.73 Å². The third-order valence-corrected chi connectivity index (χ3v) is 8.63. The Bertz CT molecular complexity index is 1290. The second kappa shape index (κ2) is 15.6. The van der Waals surface area contributed by atoms with Gasteiger partial charge >= 0.3 is 5.97 Å². The number of nitrogens with zero attached hydrogens (tertiary/aromatic N) is 3. The van der Waals surface area contributed by atoms with Crippen LogP contribution in [-0.2, 0) is 25.5 Å². The summed E-state index contributed by atoms with van der Waals surface area (Å²) in [5, 5.41) is 3.67. The Morgan fingerprint density at radius 2 is 1.79 bits per heavy atom. The highest BCUT2D eigenvalue weighted by molar-refractivity contribution is 6.43. The van der Waals surface area contributed by atoms with Gasteiger partial charge in [-0.15, -0.1) is 0 Å². The van der Waals surface area contributed by atoms with E-state index in [2.05, 4.69) is 15.1 Å². The third kappa shape index (κ3) is 8.98. The second-order valence-electron chi connectivity index (χ2n) is 11.2. The highest BCUT2D eigenvalue weighted by Gasteiger charge is 2.26. The SMILES string of the molecule is CC(C)C(N)C(=O)NCC(=O)OCN1C(=O)CCc2ccc(OCCCCN3CCN(c4cccc(Cl)c4Cl)CC3)cc21. The summed E-state index contributed by atoms with van der Waals surface area (Å²) in [6.07, 6.45) is 2.83. The van der Waals surface area contributed by atoms with Crippen molar-refractivity contribution >= 4 is 52.4 Å². The Labute approximate surface area is 263 Å². The molecule has 234 valence electrons. The maximum Gasteiger partial charge on any atom is 0.327 e. The number of ether oxygens (including phenoxy) is 2. The molecule has 0 bridgehead atoms. The first-order chi connectivity index (χ1) is 20.6. The number of nitrogens with one attached hydrogen (secondary N) is 1. The van der Waals surface area contributed by atoms with Crippen molar-refractivity contribution < 1.29 is 23.9 Å². The number of hydrogen-bond donors (Lipinski definition) is 2. The van der Waals surface area contributed by atoms with Gasteiger partial charge in [-0.3, -0.25) is 24.2 Å². The number of nitrogens with two attached hydrogens (primary N) is 1. The van der Waals surface area contributed by atoms with Crippen molar-refractivity contribution in [1.29, 1.82) is 0 Å². The molecule has 0 spiro atoms. The first kappa shape index (κ1) is 32.9. The van der Waals surface area contributed by atoms with E-state index < -0.39 is 17.9 Å². The van der Waals surface area contributed by atoms with Crippen LogP contribution in [0.3, 0.4) is 0 Å². The smallest absolute Gasteiger partial charge is 0.327 e. The summed E-state index contributed by atoms with van der Waals surface area (Å²) in [5.74, 6) is -0.605. The number of halogens is 2. The first-order valence-electron chi connectivity index (χ1n) is 14.8. The van der Waals surface area contributed by atoms with Gasteiger partial charge in [-0.2, -0.15) is 0 Å². The molecule has 0 saturated carbocycles. The Balaban J connectivity index is 1.19. The average Bonchev–Trinajstić information content (AvgIpc) is 3.00. The van der Waals surface area contributed by atoms with Gasteiger partial charge in [0.2, 0.25) is 11.8 Å². The van der Waals surface area contributed by atoms with Crippen LogP contribution in [0.2, 0.25) is 10.0 Å². The number of carbonyl (C=O) groups is 3. The molecule has 2 aliphatic heterocycles. The van der Waals surface area contributed by atoms with Crippen LogP contribution in [0.5, 0.6) is 5.75 Å². The molecule has 10 nitrogen and oxygen atoms in total. The van der Waals surface area contributed by atoms with E-state index in [4.69, 9.17) is 38.4 Å². The van der Waals surface area contributed by atoms with Gasteiger partial charge in [-0.05, 0) is 55.5 Å². The molecule has 3 N–H and O–H groups in total. The molecule has 12 heteroatoms. The van der Waals surface area contributed by atoms with Crippen molar-refractivity contribution in [3.63, 3.8) is 0 Å². The van der Waals surface area contributed by atoms with Crippen LogP contribution in [0, 0.1) is 5.92 Å². The molecule has 4 rings (SSSR count). The van der Waals surface area contributed by atoms with E-state index in [1.54, 1.807) is 6.07 Å². The van der Waals surface area contributed by atoms with Crippen LogP contribution in [0.15, 0.2) is 36.4 Å². The van der Waals surface area contributed by atoms with E-state index in [-0.39, 0.29) is 25.1 Å². The zero-order valence-corrected chi connectivity index (χ0v) is 26.3. The van der Waals surface area contributed by atoms with Crippen LogP contribution in [-0.4, -0.2) is 81.3 Å². The summed E-state index contributed by atoms with van der Waals surface area (Å²) < 4.78 is 11.3. The number of rotatable bonds is 13. The Morgan fingerprint density at radius 1 is 1.02 bits per heavy atom. The van der Waals surface area contributed by atoms with E-state index in [9.17, 15) is 14.4 Å². The zero-order valence-electron chi connectivity index (χ0n) is 24.8. The van der Waals surface area contributed by atoms with E-state index in [0.717, 1.165) is 56.8 Å². The number of unbranched alkanes of at least 4 members (excludes halogenated alkanes) is 1. The number of anilines is 2. The summed E-state index contributed by atoms with van der Waals surface area (Å²) in [6.45, 7) is 8.35. The van der Waals surface area contributed by atoms with Crippen molar-refractivity contribution in [2.45, 2.75) is 45.6 Å². The Kier molecular flexibility index (Phi) is 11.9. The molecular weight excluding hydrogens is 593 g/mol. The lowest BCUT2D eigenvalue weighted by Crippen LogP contribution is -2.46. The van der Waals surface area contributed by atoms with Crippen LogP contribution >= 0.6 is 23.2 Å². The molecule has 0 aromatic heterocycles. The molecule has 2 aliphatic rings. The second-order valence-corrected chi connectivity index (χ2v) is 12.0. The van der Waals surface area contributed by atoms with Crippen molar-refractivity contribution in [3.05, 3.63) is 52.0 Å². The maximum atomic E-state index is 12.7. The zero-order chi connectivity index (χ0) is 30.9. The van der Waals surface area contributed by atoms with Crippen LogP contribution in [0.4, 0.5) is 11.4 Å². The number of carbonyl (C=O) groups excluding carboxylic acids is 3. The molecule has 2 amide bonds. The van der Waals surface area contributed by atoms with Gasteiger partial charge in [0.05, 0.1) is 34.1 Å². The molecule has 2 heterocycles. The molecule has 1 unspecified atom stereocenters. The normalized spacial score (nSPS) is 16.2. The number of fused-ring (bicyclic) bond motifs is 1. The molecular formula is C31H41Cl2N5O5. The molecule has 2 aromatic rings. The lowest BCUT2D eigenvalue weighted by molar-refractivity contribution is -0.144. The van der Waals surface area contributed by atoms with Crippen molar-refractivity contribution in [2.75, 3.05) is 62.4 Å². The predicted octanol–water partition coefficient (Wildman–Crippen LogP) is 3.85. The van der Waals surface area contributed by atoms with Gasteiger partial charge in [-0.1, -0.05) is 49.2 Å². The molecule has 1 fully saturated rings. The van der Waals surface area contributed by atoms with E-state index in [1.165, 1.54) is 4.90 Å². The van der Waals surface area contributed by atoms with Crippen LogP contribution < -0.4 is 25.6 Å². The van der Waals surface area contributed by atoms with E-state index >= 15 is 0 Å². The number of amides is 2. The summed E-state index contributed by atoms with van der Waals surface area (Å²) in [7, 11) is 0. The number of benzene rings is 2. The number of hydrogen-bond acceptors (Lipinski definition) is 8. The van der Waals surface area contributed by atoms with E-state index in [0.29, 0.717) is 40.9 Å². The lowest BCUT2D eigenvalue weighted by Gasteiger charge is -2.36. The Morgan fingerprint density at radius 3 is 2.53 bits per heavy atom. The van der Waals surface area contributed by atoms with Gasteiger partial charge in [0.1, 0.15) is 12.3 Å². The van der Waals surface area contributed by atoms with Gasteiger partial charge in [0.25, 0.3) is 0 Å². The predicted molar refractivity (Wildman–Crippen MR) is 169 cm³/mol. The third-order valence-electron chi connectivity index (χ3n) is 7.82. The fourth-order valence-corrected chi connectivity index (χ4v) is 5.51. The fraction of sp³-hybridized carbons (Fsp3) is 0.516. The number of aryl methyl sites for hydroxylation is 1. The minimum Gasteiger partial charge on any atom is -0.494 e. The highest BCUT2D eigenvalue weighted by Crippen LogP contribution is 2.33. The summed E-state index contributed by atoms with van der Waals surface area (Å²) in [6, 6.07) is 10.7. The number of piperazine rings is 1. The monoisotopic (exact) mass is 633 g/mol. The molecule has 1 atom stereocenters. The topological polar surface area (TPSA) is 117 Å². The van der Waals surface area contributed by atoms with Crippen molar-refractivity contribution in [3.8, 4) is 5.75 Å². The quantitative estimate of drug-likeness (QED) is 0.252. The fourth-order valence-electron chi connectivity index (χ4n) is 5.09. The van der Waals surface area contributed by atoms with Crippen molar-refractivity contribution in [1.82, 2.24) is 10.2 Å². The lowest BCUT2D eigenvalue weighted by atomic mass is 10.0. The van der Waals surface area contributed by atoms with Crippen molar-refractivity contribution in [2.24, 2.45) is 11.7 Å². The number of esters is 1. The molecule has 2 aromatic carbocycles. The molecule has 43 heavy (non-hydrogen) atoms. The largest absolute Gasteiger partial charge is 0.494 e. The molecule has 0 radical (unpaired) electrons. The Hall–Kier alpha value is -3.05. The van der Waals surface area contributed by atoms with Gasteiger partial charge < -0.3 is 25.4 Å². The maximum absolute atomic E-state index is 12.7. The van der Waals surface area contributed by atoms with Crippen LogP contribution in [0.25, 0.3) is 0 Å². The minimum atomic E-state index is -0.710. The minimum absolute atomic E-state index is 0.0578. The summed E-state index contributed by atoms with van der Waals surface area (Å²) in [4.78, 5) is 43.1. The van der Waals surface area contributed by atoms with Gasteiger partial charge in [-0.25, -0.2) is 0 Å². The summed E-state index contributed by atoms with van der Waals surface area (Å²) >= 11 is 12.6. The standard InChI is InChI=1S/C31H41Cl2N5O5/c1-21(2)30(34)31(41)35-19-28(40)43-20-38-26-18-23(10-8-22(26)9-11-27(38)39)42-17-4-3-12-36-13-15-37(16-14-36)25-7-5-6-24(32)29(25)33/h5-8,10,18,21,30H,3-4,9,11-17,19-20,34H2,1-2H3,(H,35,41). The average molecular weight is 635 g/mol. The first-order valence-corrected chi connectivity index (χ1v) is 15.6. The molecule has 0 aliphatic carbocycles. The summed E-state index contributed by atoms with van der Waals surface area (Å²) in [5.41, 5.74) is 8.44. The van der Waals surface area contributed by atoms with E-state index in [1.807, 2.05) is 44.2 Å². The van der Waals surface area contributed by atoms with Crippen LogP contribution in [0.1, 0.15) is 38.7 Å². The highest BCUT2D eigenvalue weighted by atomic mass is 35.5. The van der Waals surface area contributed by atoms with Gasteiger partial charge in [0, 0.05) is 38.7 Å². The molecule has 1 saturated heterocycles.